The topological polar surface area (TPSA) is 24.9 Å². The van der Waals surface area contributed by atoms with Gasteiger partial charge in [0.15, 0.2) is 0 Å². The monoisotopic (exact) mass is 258 g/mol. The van der Waals surface area contributed by atoms with Gasteiger partial charge in [-0.2, -0.15) is 0 Å². The van der Waals surface area contributed by atoms with Crippen LogP contribution in [0.4, 0.5) is 4.39 Å². The Morgan fingerprint density at radius 2 is 1.95 bits per heavy atom. The quantitative estimate of drug-likeness (QED) is 0.888. The predicted molar refractivity (Wildman–Crippen MR) is 75.5 cm³/mol. The van der Waals surface area contributed by atoms with E-state index in [4.69, 9.17) is 0 Å². The van der Waals surface area contributed by atoms with E-state index in [-0.39, 0.29) is 11.9 Å². The average molecular weight is 258 g/mol. The Morgan fingerprint density at radius 1 is 1.21 bits per heavy atom. The van der Waals surface area contributed by atoms with Gasteiger partial charge < -0.3 is 5.32 Å². The minimum atomic E-state index is -0.176. The number of benzene rings is 1. The highest BCUT2D eigenvalue weighted by Gasteiger charge is 2.12. The first-order valence-corrected chi connectivity index (χ1v) is 6.59. The van der Waals surface area contributed by atoms with Crippen molar-refractivity contribution in [2.24, 2.45) is 0 Å². The van der Waals surface area contributed by atoms with Gasteiger partial charge in [0, 0.05) is 18.4 Å². The number of rotatable bonds is 5. The molecule has 2 aromatic rings. The summed E-state index contributed by atoms with van der Waals surface area (Å²) in [5, 5.41) is 3.47. The standard InChI is InChI=1S/C16H19FN2/c1-3-19-16(13-6-8-18-9-7-13)11-14-4-5-15(17)10-12(14)2/h4-10,16,19H,3,11H2,1-2H3. The van der Waals surface area contributed by atoms with Gasteiger partial charge in [-0.05, 0) is 60.8 Å². The predicted octanol–water partition coefficient (Wildman–Crippen LogP) is 3.42. The second-order valence-electron chi connectivity index (χ2n) is 4.67. The number of nitrogens with zero attached hydrogens (tertiary/aromatic N) is 1. The van der Waals surface area contributed by atoms with Gasteiger partial charge in [-0.25, -0.2) is 4.39 Å². The molecule has 1 atom stereocenters. The molecule has 19 heavy (non-hydrogen) atoms. The number of hydrogen-bond acceptors (Lipinski definition) is 2. The van der Waals surface area contributed by atoms with Crippen LogP contribution in [0.5, 0.6) is 0 Å². The highest BCUT2D eigenvalue weighted by Crippen LogP contribution is 2.20. The van der Waals surface area contributed by atoms with Crippen LogP contribution >= 0.6 is 0 Å². The molecule has 2 nitrogen and oxygen atoms in total. The molecule has 0 aliphatic carbocycles. The Balaban J connectivity index is 2.21. The third kappa shape index (κ3) is 3.61. The van der Waals surface area contributed by atoms with Crippen LogP contribution in [-0.2, 0) is 6.42 Å². The first kappa shape index (κ1) is 13.7. The summed E-state index contributed by atoms with van der Waals surface area (Å²) in [6.07, 6.45) is 4.46. The Kier molecular flexibility index (Phi) is 4.63. The van der Waals surface area contributed by atoms with Crippen LogP contribution in [0, 0.1) is 12.7 Å². The third-order valence-corrected chi connectivity index (χ3v) is 3.29. The molecule has 0 amide bonds. The molecule has 0 fully saturated rings. The maximum Gasteiger partial charge on any atom is 0.123 e. The Morgan fingerprint density at radius 3 is 2.58 bits per heavy atom. The van der Waals surface area contributed by atoms with Crippen LogP contribution in [0.2, 0.25) is 0 Å². The fraction of sp³-hybridized carbons (Fsp3) is 0.312. The molecular formula is C16H19FN2. The van der Waals surface area contributed by atoms with Crippen LogP contribution in [0.25, 0.3) is 0 Å². The highest BCUT2D eigenvalue weighted by molar-refractivity contribution is 5.29. The second-order valence-corrected chi connectivity index (χ2v) is 4.67. The van der Waals surface area contributed by atoms with Gasteiger partial charge in [-0.3, -0.25) is 4.98 Å². The normalized spacial score (nSPS) is 12.4. The van der Waals surface area contributed by atoms with Crippen LogP contribution in [-0.4, -0.2) is 11.5 Å². The molecule has 1 aromatic carbocycles. The van der Waals surface area contributed by atoms with Crippen molar-refractivity contribution >= 4 is 0 Å². The fourth-order valence-electron chi connectivity index (χ4n) is 2.26. The van der Waals surface area contributed by atoms with E-state index in [0.29, 0.717) is 0 Å². The Bertz CT molecular complexity index is 526. The molecule has 3 heteroatoms. The summed E-state index contributed by atoms with van der Waals surface area (Å²) in [4.78, 5) is 4.05. The summed E-state index contributed by atoms with van der Waals surface area (Å²) in [7, 11) is 0. The van der Waals surface area contributed by atoms with E-state index in [1.165, 1.54) is 17.2 Å². The van der Waals surface area contributed by atoms with Gasteiger partial charge in [-0.1, -0.05) is 13.0 Å². The number of hydrogen-bond donors (Lipinski definition) is 1. The molecule has 0 aliphatic rings. The molecule has 0 aliphatic heterocycles. The lowest BCUT2D eigenvalue weighted by Gasteiger charge is -2.19. The van der Waals surface area contributed by atoms with E-state index in [9.17, 15) is 4.39 Å². The minimum Gasteiger partial charge on any atom is -0.310 e. The number of nitrogens with one attached hydrogen (secondary N) is 1. The molecule has 1 N–H and O–H groups in total. The largest absolute Gasteiger partial charge is 0.310 e. The maximum atomic E-state index is 13.1. The Hall–Kier alpha value is -1.74. The fourth-order valence-corrected chi connectivity index (χ4v) is 2.26. The third-order valence-electron chi connectivity index (χ3n) is 3.29. The molecule has 2 rings (SSSR count). The first-order chi connectivity index (χ1) is 9.20. The van der Waals surface area contributed by atoms with Gasteiger partial charge in [0.25, 0.3) is 0 Å². The van der Waals surface area contributed by atoms with Crippen molar-refractivity contribution in [2.75, 3.05) is 6.54 Å². The zero-order chi connectivity index (χ0) is 13.7. The zero-order valence-corrected chi connectivity index (χ0v) is 11.4. The SMILES string of the molecule is CCNC(Cc1ccc(F)cc1C)c1ccncc1. The van der Waals surface area contributed by atoms with Crippen molar-refractivity contribution in [1.82, 2.24) is 10.3 Å². The van der Waals surface area contributed by atoms with Gasteiger partial charge in [0.1, 0.15) is 5.82 Å². The van der Waals surface area contributed by atoms with E-state index in [2.05, 4.69) is 17.2 Å². The van der Waals surface area contributed by atoms with E-state index >= 15 is 0 Å². The van der Waals surface area contributed by atoms with Gasteiger partial charge in [0.05, 0.1) is 0 Å². The summed E-state index contributed by atoms with van der Waals surface area (Å²) in [6.45, 7) is 4.94. The summed E-state index contributed by atoms with van der Waals surface area (Å²) in [5.41, 5.74) is 3.38. The maximum absolute atomic E-state index is 13.1. The lowest BCUT2D eigenvalue weighted by Crippen LogP contribution is -2.23. The van der Waals surface area contributed by atoms with Crippen molar-refractivity contribution in [1.29, 1.82) is 0 Å². The van der Waals surface area contributed by atoms with Crippen LogP contribution in [0.1, 0.15) is 29.7 Å². The molecule has 0 saturated heterocycles. The van der Waals surface area contributed by atoms with E-state index in [1.807, 2.05) is 25.1 Å². The number of aromatic nitrogens is 1. The number of aryl methyl sites for hydroxylation is 1. The van der Waals surface area contributed by atoms with Crippen molar-refractivity contribution < 1.29 is 4.39 Å². The zero-order valence-electron chi connectivity index (χ0n) is 11.4. The number of likely N-dealkylation sites (N-methyl/N-ethyl adjacent to an activating group) is 1. The molecule has 0 radical (unpaired) electrons. The molecule has 1 aromatic heterocycles. The Labute approximate surface area is 113 Å². The summed E-state index contributed by atoms with van der Waals surface area (Å²) < 4.78 is 13.1. The van der Waals surface area contributed by atoms with E-state index in [1.54, 1.807) is 18.5 Å². The first-order valence-electron chi connectivity index (χ1n) is 6.59. The molecule has 1 unspecified atom stereocenters. The molecule has 1 heterocycles. The van der Waals surface area contributed by atoms with E-state index in [0.717, 1.165) is 18.5 Å². The number of pyridine rings is 1. The summed E-state index contributed by atoms with van der Waals surface area (Å²) in [5.74, 6) is -0.176. The van der Waals surface area contributed by atoms with Gasteiger partial charge in [0.2, 0.25) is 0 Å². The van der Waals surface area contributed by atoms with Crippen molar-refractivity contribution in [3.8, 4) is 0 Å². The van der Waals surface area contributed by atoms with Crippen molar-refractivity contribution in [2.45, 2.75) is 26.3 Å². The van der Waals surface area contributed by atoms with Gasteiger partial charge >= 0.3 is 0 Å². The molecule has 100 valence electrons. The minimum absolute atomic E-state index is 0.176. The second kappa shape index (κ2) is 6.43. The van der Waals surface area contributed by atoms with Crippen LogP contribution in [0.15, 0.2) is 42.7 Å². The summed E-state index contributed by atoms with van der Waals surface area (Å²) in [6, 6.07) is 9.26. The van der Waals surface area contributed by atoms with Crippen molar-refractivity contribution in [3.63, 3.8) is 0 Å². The smallest absolute Gasteiger partial charge is 0.123 e. The van der Waals surface area contributed by atoms with Gasteiger partial charge in [-0.15, -0.1) is 0 Å². The molecular weight excluding hydrogens is 239 g/mol. The number of halogens is 1. The average Bonchev–Trinajstić information content (AvgIpc) is 2.42. The molecule has 0 spiro atoms. The lowest BCUT2D eigenvalue weighted by atomic mass is 9.96. The molecule has 0 saturated carbocycles. The lowest BCUT2D eigenvalue weighted by molar-refractivity contribution is 0.547. The van der Waals surface area contributed by atoms with Crippen LogP contribution in [0.3, 0.4) is 0 Å². The van der Waals surface area contributed by atoms with E-state index < -0.39 is 0 Å². The van der Waals surface area contributed by atoms with Crippen LogP contribution < -0.4 is 5.32 Å². The molecule has 0 bridgehead atoms. The highest BCUT2D eigenvalue weighted by atomic mass is 19.1. The summed E-state index contributed by atoms with van der Waals surface area (Å²) >= 11 is 0. The van der Waals surface area contributed by atoms with Crippen molar-refractivity contribution in [3.05, 3.63) is 65.2 Å².